The minimum atomic E-state index is -0.718. The molecule has 19 heavy (non-hydrogen) atoms. The maximum absolute atomic E-state index is 11.4. The van der Waals surface area contributed by atoms with Gasteiger partial charge < -0.3 is 15.8 Å². The number of hydrogen-bond donors (Lipinski definition) is 2. The van der Waals surface area contributed by atoms with Crippen LogP contribution in [-0.4, -0.2) is 31.6 Å². The van der Waals surface area contributed by atoms with Crippen molar-refractivity contribution in [2.75, 3.05) is 13.7 Å². The molecule has 0 fully saturated rings. The Morgan fingerprint density at radius 1 is 1.32 bits per heavy atom. The van der Waals surface area contributed by atoms with E-state index in [-0.39, 0.29) is 12.5 Å². The highest BCUT2D eigenvalue weighted by molar-refractivity contribution is 5.87. The minimum absolute atomic E-state index is 0.0866. The second kappa shape index (κ2) is 6.89. The summed E-state index contributed by atoms with van der Waals surface area (Å²) in [5.41, 5.74) is 8.59. The largest absolute Gasteiger partial charge is 0.375 e. The third-order valence-electron chi connectivity index (χ3n) is 2.97. The highest BCUT2D eigenvalue weighted by Crippen LogP contribution is 2.11. The molecule has 5 nitrogen and oxygen atoms in total. The van der Waals surface area contributed by atoms with Crippen LogP contribution in [0, 0.1) is 13.8 Å². The van der Waals surface area contributed by atoms with Gasteiger partial charge in [-0.1, -0.05) is 18.2 Å². The molecular formula is C14H20N2O3. The zero-order chi connectivity index (χ0) is 14.4. The molecule has 0 aliphatic heterocycles. The van der Waals surface area contributed by atoms with Gasteiger partial charge in [-0.25, -0.2) is 0 Å². The summed E-state index contributed by atoms with van der Waals surface area (Å²) in [4.78, 5) is 22.8. The zero-order valence-electron chi connectivity index (χ0n) is 11.5. The van der Waals surface area contributed by atoms with Crippen LogP contribution in [0.2, 0.25) is 0 Å². The average molecular weight is 264 g/mol. The highest BCUT2D eigenvalue weighted by Gasteiger charge is 2.18. The third kappa shape index (κ3) is 4.71. The fraction of sp³-hybridized carbons (Fsp3) is 0.429. The monoisotopic (exact) mass is 264 g/mol. The number of nitrogens with one attached hydrogen (secondary N) is 1. The second-order valence-electron chi connectivity index (χ2n) is 4.58. The van der Waals surface area contributed by atoms with Gasteiger partial charge >= 0.3 is 0 Å². The van der Waals surface area contributed by atoms with Gasteiger partial charge in [0.15, 0.2) is 0 Å². The maximum atomic E-state index is 11.4. The molecule has 0 radical (unpaired) electrons. The van der Waals surface area contributed by atoms with Crippen LogP contribution in [0.1, 0.15) is 16.7 Å². The Morgan fingerprint density at radius 2 is 2.00 bits per heavy atom. The van der Waals surface area contributed by atoms with E-state index < -0.39 is 11.9 Å². The maximum Gasteiger partial charge on any atom is 0.246 e. The van der Waals surface area contributed by atoms with E-state index in [0.29, 0.717) is 6.42 Å². The van der Waals surface area contributed by atoms with Crippen molar-refractivity contribution in [3.05, 3.63) is 34.9 Å². The van der Waals surface area contributed by atoms with E-state index in [9.17, 15) is 9.59 Å². The van der Waals surface area contributed by atoms with E-state index in [1.165, 1.54) is 12.7 Å². The van der Waals surface area contributed by atoms with Crippen molar-refractivity contribution in [2.24, 2.45) is 5.73 Å². The normalized spacial score (nSPS) is 11.9. The number of aryl methyl sites for hydroxylation is 2. The highest BCUT2D eigenvalue weighted by atomic mass is 16.5. The van der Waals surface area contributed by atoms with Crippen LogP contribution in [0.25, 0.3) is 0 Å². The predicted molar refractivity (Wildman–Crippen MR) is 72.6 cm³/mol. The van der Waals surface area contributed by atoms with Crippen LogP contribution in [0.15, 0.2) is 18.2 Å². The molecule has 0 saturated carbocycles. The molecule has 0 saturated heterocycles. The molecule has 0 unspecified atom stereocenters. The fourth-order valence-corrected chi connectivity index (χ4v) is 1.76. The van der Waals surface area contributed by atoms with E-state index in [2.05, 4.69) is 5.32 Å². The minimum Gasteiger partial charge on any atom is -0.375 e. The molecule has 3 N–H and O–H groups in total. The Morgan fingerprint density at radius 3 is 2.53 bits per heavy atom. The van der Waals surface area contributed by atoms with Crippen molar-refractivity contribution in [1.82, 2.24) is 5.32 Å². The van der Waals surface area contributed by atoms with Gasteiger partial charge in [-0.3, -0.25) is 9.59 Å². The van der Waals surface area contributed by atoms with Crippen molar-refractivity contribution < 1.29 is 14.3 Å². The number of carbonyl (C=O) groups excluding carboxylic acids is 2. The van der Waals surface area contributed by atoms with Crippen LogP contribution in [-0.2, 0) is 20.7 Å². The van der Waals surface area contributed by atoms with Gasteiger partial charge in [0.2, 0.25) is 11.8 Å². The summed E-state index contributed by atoms with van der Waals surface area (Å²) in [6.07, 6.45) is 0.381. The van der Waals surface area contributed by atoms with Crippen LogP contribution in [0.4, 0.5) is 0 Å². The first kappa shape index (κ1) is 15.2. The number of hydrogen-bond acceptors (Lipinski definition) is 3. The number of amides is 2. The van der Waals surface area contributed by atoms with Gasteiger partial charge in [-0.2, -0.15) is 0 Å². The van der Waals surface area contributed by atoms with E-state index >= 15 is 0 Å². The number of primary amides is 1. The van der Waals surface area contributed by atoms with E-state index in [4.69, 9.17) is 10.5 Å². The average Bonchev–Trinajstić information content (AvgIpc) is 2.33. The molecule has 2 amide bonds. The lowest BCUT2D eigenvalue weighted by atomic mass is 10.0. The molecule has 1 aromatic rings. The van der Waals surface area contributed by atoms with Crippen LogP contribution >= 0.6 is 0 Å². The number of benzene rings is 1. The summed E-state index contributed by atoms with van der Waals surface area (Å²) >= 11 is 0. The Kier molecular flexibility index (Phi) is 5.51. The van der Waals surface area contributed by atoms with Crippen molar-refractivity contribution in [2.45, 2.75) is 26.3 Å². The first-order valence-corrected chi connectivity index (χ1v) is 6.07. The summed E-state index contributed by atoms with van der Waals surface area (Å²) in [7, 11) is 1.42. The lowest BCUT2D eigenvalue weighted by Gasteiger charge is -2.16. The lowest BCUT2D eigenvalue weighted by molar-refractivity contribution is -0.129. The molecule has 1 rings (SSSR count). The summed E-state index contributed by atoms with van der Waals surface area (Å²) in [6, 6.07) is 5.19. The molecule has 0 heterocycles. The van der Waals surface area contributed by atoms with Crippen molar-refractivity contribution in [1.29, 1.82) is 0 Å². The van der Waals surface area contributed by atoms with E-state index in [1.807, 2.05) is 32.0 Å². The number of carbonyl (C=O) groups is 2. The van der Waals surface area contributed by atoms with Gasteiger partial charge in [0.1, 0.15) is 12.6 Å². The Balaban J connectivity index is 2.75. The number of nitrogens with two attached hydrogens (primary N) is 1. The topological polar surface area (TPSA) is 81.4 Å². The Hall–Kier alpha value is -1.88. The molecule has 5 heteroatoms. The van der Waals surface area contributed by atoms with Crippen LogP contribution < -0.4 is 11.1 Å². The lowest BCUT2D eigenvalue weighted by Crippen LogP contribution is -2.47. The molecule has 0 aliphatic carbocycles. The molecule has 104 valence electrons. The summed E-state index contributed by atoms with van der Waals surface area (Å²) in [5, 5.41) is 2.56. The van der Waals surface area contributed by atoms with Gasteiger partial charge in [-0.15, -0.1) is 0 Å². The first-order chi connectivity index (χ1) is 8.93. The summed E-state index contributed by atoms with van der Waals surface area (Å²) < 4.78 is 4.71. The molecule has 0 bridgehead atoms. The van der Waals surface area contributed by atoms with Gasteiger partial charge in [0.05, 0.1) is 0 Å². The van der Waals surface area contributed by atoms with Gasteiger partial charge in [-0.05, 0) is 30.5 Å². The smallest absolute Gasteiger partial charge is 0.246 e. The zero-order valence-corrected chi connectivity index (χ0v) is 11.5. The quantitative estimate of drug-likeness (QED) is 0.783. The molecule has 0 aliphatic rings. The predicted octanol–water partition coefficient (Wildman–Crippen LogP) is 0.462. The van der Waals surface area contributed by atoms with Gasteiger partial charge in [0, 0.05) is 13.5 Å². The first-order valence-electron chi connectivity index (χ1n) is 6.07. The standard InChI is InChI=1S/C14H20N2O3/c1-9-4-5-11(6-10(9)2)7-12(14(15)18)16-13(17)8-19-3/h4-6,12H,7-8H2,1-3H3,(H2,15,18)(H,16,17)/t12-/m0/s1. The van der Waals surface area contributed by atoms with E-state index in [0.717, 1.165) is 11.1 Å². The molecular weight excluding hydrogens is 244 g/mol. The number of ether oxygens (including phenoxy) is 1. The van der Waals surface area contributed by atoms with Crippen molar-refractivity contribution in [3.63, 3.8) is 0 Å². The molecule has 0 aromatic heterocycles. The summed E-state index contributed by atoms with van der Waals surface area (Å²) in [5.74, 6) is -0.905. The van der Waals surface area contributed by atoms with Gasteiger partial charge in [0.25, 0.3) is 0 Å². The molecule has 0 spiro atoms. The van der Waals surface area contributed by atoms with E-state index in [1.54, 1.807) is 0 Å². The number of rotatable bonds is 6. The molecule has 1 aromatic carbocycles. The molecule has 1 atom stereocenters. The third-order valence-corrected chi connectivity index (χ3v) is 2.97. The second-order valence-corrected chi connectivity index (χ2v) is 4.58. The Labute approximate surface area is 113 Å². The fourth-order valence-electron chi connectivity index (χ4n) is 1.76. The summed E-state index contributed by atoms with van der Waals surface area (Å²) in [6.45, 7) is 3.93. The Bertz CT molecular complexity index is 472. The van der Waals surface area contributed by atoms with Crippen molar-refractivity contribution >= 4 is 11.8 Å². The SMILES string of the molecule is COCC(=O)N[C@@H](Cc1ccc(C)c(C)c1)C(N)=O. The van der Waals surface area contributed by atoms with Crippen LogP contribution in [0.3, 0.4) is 0 Å². The number of methoxy groups -OCH3 is 1. The van der Waals surface area contributed by atoms with Crippen molar-refractivity contribution in [3.8, 4) is 0 Å². The van der Waals surface area contributed by atoms with Crippen LogP contribution in [0.5, 0.6) is 0 Å².